The molecule has 2 aromatic carbocycles. The van der Waals surface area contributed by atoms with E-state index >= 15 is 0 Å². The molecular formula is C17H18O4S. The van der Waals surface area contributed by atoms with Gasteiger partial charge in [0.25, 0.3) is 10.1 Å². The monoisotopic (exact) mass is 318 g/mol. The van der Waals surface area contributed by atoms with Gasteiger partial charge in [-0.1, -0.05) is 55.0 Å². The van der Waals surface area contributed by atoms with Crippen LogP contribution in [-0.4, -0.2) is 20.3 Å². The van der Waals surface area contributed by atoms with Crippen molar-refractivity contribution < 1.29 is 17.4 Å². The molecule has 22 heavy (non-hydrogen) atoms. The fraction of sp³-hybridized carbons (Fsp3) is 0.235. The predicted molar refractivity (Wildman–Crippen MR) is 84.3 cm³/mol. The lowest BCUT2D eigenvalue weighted by Gasteiger charge is -2.15. The third kappa shape index (κ3) is 3.81. The lowest BCUT2D eigenvalue weighted by Crippen LogP contribution is -2.27. The first-order chi connectivity index (χ1) is 10.4. The van der Waals surface area contributed by atoms with E-state index in [1.54, 1.807) is 49.4 Å². The van der Waals surface area contributed by atoms with Crippen molar-refractivity contribution in [2.24, 2.45) is 0 Å². The summed E-state index contributed by atoms with van der Waals surface area (Å²) in [6.45, 7) is 3.58. The minimum absolute atomic E-state index is 0.0532. The Kier molecular flexibility index (Phi) is 5.11. The molecular weight excluding hydrogens is 300 g/mol. The lowest BCUT2D eigenvalue weighted by molar-refractivity contribution is 0.0796. The molecule has 0 bridgehead atoms. The molecule has 0 aliphatic rings. The van der Waals surface area contributed by atoms with Crippen LogP contribution >= 0.6 is 0 Å². The normalized spacial score (nSPS) is 12.8. The molecule has 0 N–H and O–H groups in total. The van der Waals surface area contributed by atoms with Crippen molar-refractivity contribution in [2.75, 3.05) is 0 Å². The molecule has 0 fully saturated rings. The van der Waals surface area contributed by atoms with Crippen LogP contribution in [0.4, 0.5) is 0 Å². The molecule has 0 aliphatic heterocycles. The maximum atomic E-state index is 12.3. The van der Waals surface area contributed by atoms with Gasteiger partial charge in [0.15, 0.2) is 5.78 Å². The molecule has 116 valence electrons. The third-order valence-electron chi connectivity index (χ3n) is 3.27. The Morgan fingerprint density at radius 2 is 1.64 bits per heavy atom. The number of hydrogen-bond acceptors (Lipinski definition) is 4. The number of hydrogen-bond donors (Lipinski definition) is 0. The molecule has 0 heterocycles. The minimum atomic E-state index is -3.96. The van der Waals surface area contributed by atoms with Gasteiger partial charge in [0.05, 0.1) is 4.90 Å². The summed E-state index contributed by atoms with van der Waals surface area (Å²) < 4.78 is 29.7. The van der Waals surface area contributed by atoms with Gasteiger partial charge in [0, 0.05) is 5.56 Å². The number of aryl methyl sites for hydroxylation is 1. The summed E-state index contributed by atoms with van der Waals surface area (Å²) in [6, 6.07) is 14.9. The van der Waals surface area contributed by atoms with Crippen LogP contribution in [-0.2, 0) is 14.3 Å². The molecule has 5 heteroatoms. The van der Waals surface area contributed by atoms with Crippen LogP contribution < -0.4 is 0 Å². The Hall–Kier alpha value is -1.98. The summed E-state index contributed by atoms with van der Waals surface area (Å²) in [6.07, 6.45) is -0.743. The van der Waals surface area contributed by atoms with E-state index in [1.807, 2.05) is 6.92 Å². The first kappa shape index (κ1) is 16.4. The molecule has 0 saturated heterocycles. The lowest BCUT2D eigenvalue weighted by atomic mass is 10.1. The molecule has 4 nitrogen and oxygen atoms in total. The second-order valence-corrected chi connectivity index (χ2v) is 6.56. The second kappa shape index (κ2) is 6.85. The van der Waals surface area contributed by atoms with Gasteiger partial charge in [-0.2, -0.15) is 8.42 Å². The quantitative estimate of drug-likeness (QED) is 0.605. The van der Waals surface area contributed by atoms with Gasteiger partial charge in [-0.25, -0.2) is 0 Å². The summed E-state index contributed by atoms with van der Waals surface area (Å²) in [4.78, 5) is 12.4. The highest BCUT2D eigenvalue weighted by molar-refractivity contribution is 7.86. The van der Waals surface area contributed by atoms with Gasteiger partial charge in [-0.3, -0.25) is 8.98 Å². The highest BCUT2D eigenvalue weighted by atomic mass is 32.2. The Morgan fingerprint density at radius 1 is 1.05 bits per heavy atom. The van der Waals surface area contributed by atoms with Gasteiger partial charge in [-0.15, -0.1) is 0 Å². The zero-order valence-corrected chi connectivity index (χ0v) is 13.3. The van der Waals surface area contributed by atoms with E-state index in [9.17, 15) is 13.2 Å². The Balaban J connectivity index is 2.22. The Morgan fingerprint density at radius 3 is 2.18 bits per heavy atom. The molecule has 0 aliphatic carbocycles. The van der Waals surface area contributed by atoms with Crippen molar-refractivity contribution in [1.82, 2.24) is 0 Å². The average molecular weight is 318 g/mol. The molecule has 0 amide bonds. The van der Waals surface area contributed by atoms with E-state index in [1.165, 1.54) is 12.1 Å². The first-order valence-electron chi connectivity index (χ1n) is 7.03. The molecule has 0 radical (unpaired) electrons. The number of benzene rings is 2. The van der Waals surface area contributed by atoms with Gasteiger partial charge in [-0.05, 0) is 25.5 Å². The number of ketones is 1. The summed E-state index contributed by atoms with van der Waals surface area (Å²) in [5, 5.41) is 0. The highest BCUT2D eigenvalue weighted by Crippen LogP contribution is 2.18. The number of rotatable bonds is 6. The Bertz CT molecular complexity index is 734. The highest BCUT2D eigenvalue weighted by Gasteiger charge is 2.26. The van der Waals surface area contributed by atoms with Crippen LogP contribution in [0.15, 0.2) is 59.5 Å². The molecule has 0 spiro atoms. The van der Waals surface area contributed by atoms with E-state index in [-0.39, 0.29) is 17.1 Å². The molecule has 0 aromatic heterocycles. The van der Waals surface area contributed by atoms with E-state index in [0.717, 1.165) is 5.56 Å². The summed E-state index contributed by atoms with van der Waals surface area (Å²) in [7, 11) is -3.96. The fourth-order valence-corrected chi connectivity index (χ4v) is 3.11. The van der Waals surface area contributed by atoms with Crippen molar-refractivity contribution in [3.8, 4) is 0 Å². The largest absolute Gasteiger partial charge is 0.297 e. The van der Waals surface area contributed by atoms with E-state index in [2.05, 4.69) is 0 Å². The summed E-state index contributed by atoms with van der Waals surface area (Å²) >= 11 is 0. The first-order valence-corrected chi connectivity index (χ1v) is 8.44. The zero-order chi connectivity index (χ0) is 16.2. The van der Waals surface area contributed by atoms with Crippen molar-refractivity contribution >= 4 is 15.9 Å². The average Bonchev–Trinajstić information content (AvgIpc) is 2.53. The van der Waals surface area contributed by atoms with E-state index in [4.69, 9.17) is 4.18 Å². The standard InChI is InChI=1S/C17H18O4S/c1-3-16(17(18)14-7-5-4-6-8-14)21-22(19,20)15-11-9-13(2)10-12-15/h4-12,16H,3H2,1-2H3. The second-order valence-electron chi connectivity index (χ2n) is 4.99. The van der Waals surface area contributed by atoms with Crippen LogP contribution in [0.2, 0.25) is 0 Å². The molecule has 0 saturated carbocycles. The zero-order valence-electron chi connectivity index (χ0n) is 12.5. The summed E-state index contributed by atoms with van der Waals surface area (Å²) in [5.41, 5.74) is 1.39. The molecule has 1 atom stereocenters. The van der Waals surface area contributed by atoms with Crippen LogP contribution in [0.3, 0.4) is 0 Å². The van der Waals surface area contributed by atoms with E-state index in [0.29, 0.717) is 5.56 Å². The number of carbonyl (C=O) groups excluding carboxylic acids is 1. The SMILES string of the molecule is CCC(OS(=O)(=O)c1ccc(C)cc1)C(=O)c1ccccc1. The van der Waals surface area contributed by atoms with E-state index < -0.39 is 16.2 Å². The van der Waals surface area contributed by atoms with Crippen LogP contribution in [0.5, 0.6) is 0 Å². The summed E-state index contributed by atoms with van der Waals surface area (Å²) in [5.74, 6) is -0.334. The number of carbonyl (C=O) groups is 1. The smallest absolute Gasteiger partial charge is 0.291 e. The van der Waals surface area contributed by atoms with Crippen LogP contribution in [0, 0.1) is 6.92 Å². The van der Waals surface area contributed by atoms with Gasteiger partial charge in [0.1, 0.15) is 6.10 Å². The van der Waals surface area contributed by atoms with Crippen molar-refractivity contribution in [3.63, 3.8) is 0 Å². The fourth-order valence-electron chi connectivity index (χ4n) is 2.00. The van der Waals surface area contributed by atoms with Gasteiger partial charge in [0.2, 0.25) is 0 Å². The topological polar surface area (TPSA) is 60.4 Å². The molecule has 2 rings (SSSR count). The third-order valence-corrected chi connectivity index (χ3v) is 4.61. The van der Waals surface area contributed by atoms with Crippen LogP contribution in [0.25, 0.3) is 0 Å². The van der Waals surface area contributed by atoms with Crippen molar-refractivity contribution in [2.45, 2.75) is 31.3 Å². The predicted octanol–water partition coefficient (Wildman–Crippen LogP) is 3.36. The van der Waals surface area contributed by atoms with Crippen LogP contribution in [0.1, 0.15) is 29.3 Å². The minimum Gasteiger partial charge on any atom is -0.291 e. The van der Waals surface area contributed by atoms with Gasteiger partial charge >= 0.3 is 0 Å². The molecule has 2 aromatic rings. The van der Waals surface area contributed by atoms with Crippen molar-refractivity contribution in [3.05, 3.63) is 65.7 Å². The van der Waals surface area contributed by atoms with Gasteiger partial charge < -0.3 is 0 Å². The maximum Gasteiger partial charge on any atom is 0.297 e. The maximum absolute atomic E-state index is 12.3. The Labute approximate surface area is 130 Å². The molecule has 1 unspecified atom stereocenters. The number of Topliss-reactive ketones (excluding diaryl/α,β-unsaturated/α-hetero) is 1. The van der Waals surface area contributed by atoms with Crippen molar-refractivity contribution in [1.29, 1.82) is 0 Å².